The van der Waals surface area contributed by atoms with Crippen LogP contribution < -0.4 is 5.32 Å². The first-order chi connectivity index (χ1) is 10.4. The summed E-state index contributed by atoms with van der Waals surface area (Å²) in [7, 11) is 0. The number of anilines is 1. The van der Waals surface area contributed by atoms with Crippen LogP contribution in [0, 0.1) is 0 Å². The summed E-state index contributed by atoms with van der Waals surface area (Å²) in [6.07, 6.45) is 9.12. The first-order valence-electron chi connectivity index (χ1n) is 7.34. The molecule has 0 unspecified atom stereocenters. The summed E-state index contributed by atoms with van der Waals surface area (Å²) >= 11 is 0. The molecule has 4 nitrogen and oxygen atoms in total. The second-order valence-electron chi connectivity index (χ2n) is 5.03. The molecule has 0 spiro atoms. The van der Waals surface area contributed by atoms with Crippen LogP contribution in [-0.4, -0.2) is 14.1 Å². The quantitative estimate of drug-likeness (QED) is 0.747. The molecule has 3 aromatic rings. The van der Waals surface area contributed by atoms with E-state index < -0.39 is 0 Å². The van der Waals surface area contributed by atoms with Crippen molar-refractivity contribution in [3.8, 4) is 5.69 Å². The number of rotatable bonds is 6. The lowest BCUT2D eigenvalue weighted by Gasteiger charge is -2.10. The second kappa shape index (κ2) is 6.31. The minimum absolute atomic E-state index is 0.738. The average Bonchev–Trinajstić information content (AvgIpc) is 3.18. The van der Waals surface area contributed by atoms with Crippen LogP contribution in [0.1, 0.15) is 19.2 Å². The fourth-order valence-corrected chi connectivity index (χ4v) is 2.42. The van der Waals surface area contributed by atoms with Crippen LogP contribution in [-0.2, 0) is 13.1 Å². The minimum atomic E-state index is 0.738. The van der Waals surface area contributed by atoms with Crippen molar-refractivity contribution in [2.24, 2.45) is 0 Å². The first kappa shape index (κ1) is 13.5. The Balaban J connectivity index is 1.71. The highest BCUT2D eigenvalue weighted by molar-refractivity contribution is 5.51. The van der Waals surface area contributed by atoms with E-state index in [0.717, 1.165) is 36.7 Å². The van der Waals surface area contributed by atoms with Crippen molar-refractivity contribution < 1.29 is 0 Å². The van der Waals surface area contributed by atoms with Crippen LogP contribution in [0.4, 0.5) is 5.69 Å². The predicted molar refractivity (Wildman–Crippen MR) is 85.6 cm³/mol. The highest BCUT2D eigenvalue weighted by Gasteiger charge is 2.02. The van der Waals surface area contributed by atoms with Gasteiger partial charge in [0.1, 0.15) is 5.82 Å². The topological polar surface area (TPSA) is 34.8 Å². The average molecular weight is 280 g/mol. The molecule has 1 aromatic carbocycles. The third kappa shape index (κ3) is 3.16. The standard InChI is InChI=1S/C17H20N4/c1-2-9-21-12-8-18-17(21)14-19-15-6-5-7-16(13-15)20-10-3-4-11-20/h3-8,10-13,19H,2,9,14H2,1H3. The number of aryl methyl sites for hydroxylation is 1. The van der Waals surface area contributed by atoms with Gasteiger partial charge in [0.2, 0.25) is 0 Å². The van der Waals surface area contributed by atoms with Crippen molar-refractivity contribution in [3.05, 3.63) is 67.0 Å². The minimum Gasteiger partial charge on any atom is -0.378 e. The van der Waals surface area contributed by atoms with Crippen LogP contribution in [0.5, 0.6) is 0 Å². The molecule has 2 heterocycles. The normalized spacial score (nSPS) is 10.7. The maximum atomic E-state index is 4.42. The van der Waals surface area contributed by atoms with E-state index in [0.29, 0.717) is 0 Å². The van der Waals surface area contributed by atoms with Gasteiger partial charge < -0.3 is 14.5 Å². The van der Waals surface area contributed by atoms with E-state index in [9.17, 15) is 0 Å². The van der Waals surface area contributed by atoms with Gasteiger partial charge in [0.05, 0.1) is 6.54 Å². The molecule has 3 rings (SSSR count). The molecule has 0 fully saturated rings. The third-order valence-electron chi connectivity index (χ3n) is 3.47. The van der Waals surface area contributed by atoms with Gasteiger partial charge in [-0.1, -0.05) is 13.0 Å². The number of imidazole rings is 1. The van der Waals surface area contributed by atoms with E-state index in [1.165, 1.54) is 0 Å². The molecule has 0 aliphatic carbocycles. The molecular formula is C17H20N4. The Labute approximate surface area is 125 Å². The summed E-state index contributed by atoms with van der Waals surface area (Å²) in [4.78, 5) is 4.42. The molecule has 1 N–H and O–H groups in total. The molecule has 0 saturated heterocycles. The highest BCUT2D eigenvalue weighted by Crippen LogP contribution is 2.15. The van der Waals surface area contributed by atoms with Gasteiger partial charge in [0.25, 0.3) is 0 Å². The lowest BCUT2D eigenvalue weighted by atomic mass is 10.2. The van der Waals surface area contributed by atoms with Crippen LogP contribution in [0.3, 0.4) is 0 Å². The molecule has 0 aliphatic heterocycles. The van der Waals surface area contributed by atoms with Crippen LogP contribution >= 0.6 is 0 Å². The zero-order chi connectivity index (χ0) is 14.5. The third-order valence-corrected chi connectivity index (χ3v) is 3.47. The molecule has 0 radical (unpaired) electrons. The maximum Gasteiger partial charge on any atom is 0.128 e. The molecule has 0 bridgehead atoms. The monoisotopic (exact) mass is 280 g/mol. The molecule has 21 heavy (non-hydrogen) atoms. The molecule has 0 amide bonds. The smallest absolute Gasteiger partial charge is 0.128 e. The second-order valence-corrected chi connectivity index (χ2v) is 5.03. The summed E-state index contributed by atoms with van der Waals surface area (Å²) in [5.74, 6) is 1.07. The number of hydrogen-bond donors (Lipinski definition) is 1. The molecule has 108 valence electrons. The summed E-state index contributed by atoms with van der Waals surface area (Å²) in [6, 6.07) is 12.5. The van der Waals surface area contributed by atoms with Gasteiger partial charge in [-0.05, 0) is 36.8 Å². The molecule has 4 heteroatoms. The Morgan fingerprint density at radius 1 is 1.10 bits per heavy atom. The van der Waals surface area contributed by atoms with Gasteiger partial charge in [-0.3, -0.25) is 0 Å². The van der Waals surface area contributed by atoms with Crippen LogP contribution in [0.25, 0.3) is 5.69 Å². The Kier molecular flexibility index (Phi) is 4.05. The van der Waals surface area contributed by atoms with E-state index in [1.807, 2.05) is 36.9 Å². The maximum absolute atomic E-state index is 4.42. The molecule has 0 saturated carbocycles. The van der Waals surface area contributed by atoms with E-state index in [-0.39, 0.29) is 0 Å². The zero-order valence-electron chi connectivity index (χ0n) is 12.2. The molecular weight excluding hydrogens is 260 g/mol. The summed E-state index contributed by atoms with van der Waals surface area (Å²) in [5.41, 5.74) is 2.26. The van der Waals surface area contributed by atoms with Crippen molar-refractivity contribution in [2.45, 2.75) is 26.4 Å². The van der Waals surface area contributed by atoms with Gasteiger partial charge >= 0.3 is 0 Å². The summed E-state index contributed by atoms with van der Waals surface area (Å²) in [6.45, 7) is 3.93. The molecule has 2 aromatic heterocycles. The van der Waals surface area contributed by atoms with Gasteiger partial charge in [-0.25, -0.2) is 4.98 Å². The van der Waals surface area contributed by atoms with Crippen LogP contribution in [0.2, 0.25) is 0 Å². The number of hydrogen-bond acceptors (Lipinski definition) is 2. The molecule has 0 aliphatic rings. The van der Waals surface area contributed by atoms with E-state index in [1.54, 1.807) is 0 Å². The first-order valence-corrected chi connectivity index (χ1v) is 7.34. The predicted octanol–water partition coefficient (Wildman–Crippen LogP) is 3.70. The number of aromatic nitrogens is 3. The molecule has 0 atom stereocenters. The van der Waals surface area contributed by atoms with Crippen molar-refractivity contribution in [1.29, 1.82) is 0 Å². The zero-order valence-corrected chi connectivity index (χ0v) is 12.2. The number of benzene rings is 1. The SMILES string of the molecule is CCCn1ccnc1CNc1cccc(-n2cccc2)c1. The van der Waals surface area contributed by atoms with Crippen molar-refractivity contribution in [2.75, 3.05) is 5.32 Å². The lowest BCUT2D eigenvalue weighted by molar-refractivity contribution is 0.644. The van der Waals surface area contributed by atoms with Crippen molar-refractivity contribution in [1.82, 2.24) is 14.1 Å². The summed E-state index contributed by atoms with van der Waals surface area (Å²) < 4.78 is 4.30. The van der Waals surface area contributed by atoms with Gasteiger partial charge in [-0.2, -0.15) is 0 Å². The van der Waals surface area contributed by atoms with E-state index in [2.05, 4.69) is 50.6 Å². The van der Waals surface area contributed by atoms with E-state index >= 15 is 0 Å². The van der Waals surface area contributed by atoms with Crippen molar-refractivity contribution in [3.63, 3.8) is 0 Å². The summed E-state index contributed by atoms with van der Waals surface area (Å²) in [5, 5.41) is 3.45. The Bertz CT molecular complexity index is 682. The Morgan fingerprint density at radius 3 is 2.76 bits per heavy atom. The number of nitrogens with one attached hydrogen (secondary N) is 1. The largest absolute Gasteiger partial charge is 0.378 e. The fourth-order valence-electron chi connectivity index (χ4n) is 2.42. The van der Waals surface area contributed by atoms with Gasteiger partial charge in [0.15, 0.2) is 0 Å². The van der Waals surface area contributed by atoms with Gasteiger partial charge in [0, 0.05) is 42.7 Å². The van der Waals surface area contributed by atoms with Gasteiger partial charge in [-0.15, -0.1) is 0 Å². The Hall–Kier alpha value is -2.49. The van der Waals surface area contributed by atoms with Crippen LogP contribution in [0.15, 0.2) is 61.2 Å². The van der Waals surface area contributed by atoms with E-state index in [4.69, 9.17) is 0 Å². The fraction of sp³-hybridized carbons (Fsp3) is 0.235. The lowest BCUT2D eigenvalue weighted by Crippen LogP contribution is -2.08. The number of nitrogens with zero attached hydrogens (tertiary/aromatic N) is 3. The Morgan fingerprint density at radius 2 is 1.95 bits per heavy atom. The highest BCUT2D eigenvalue weighted by atomic mass is 15.1. The van der Waals surface area contributed by atoms with Crippen molar-refractivity contribution >= 4 is 5.69 Å².